The number of nitrogens with one attached hydrogen (secondary N) is 1. The summed E-state index contributed by atoms with van der Waals surface area (Å²) in [6.07, 6.45) is 3.40. The first-order valence-corrected chi connectivity index (χ1v) is 7.23. The zero-order valence-electron chi connectivity index (χ0n) is 12.4. The molecule has 0 aliphatic carbocycles. The van der Waals surface area contributed by atoms with Gasteiger partial charge in [-0.05, 0) is 24.3 Å². The van der Waals surface area contributed by atoms with Crippen molar-refractivity contribution < 1.29 is 4.79 Å². The third-order valence-corrected chi connectivity index (χ3v) is 3.31. The lowest BCUT2D eigenvalue weighted by Crippen LogP contribution is -2.20. The van der Waals surface area contributed by atoms with Crippen molar-refractivity contribution in [2.45, 2.75) is 0 Å². The quantitative estimate of drug-likeness (QED) is 0.594. The van der Waals surface area contributed by atoms with E-state index in [-0.39, 0.29) is 5.91 Å². The number of benzene rings is 2. The minimum Gasteiger partial charge on any atom is -0.267 e. The summed E-state index contributed by atoms with van der Waals surface area (Å²) in [5.74, 6) is -0.243. The summed E-state index contributed by atoms with van der Waals surface area (Å²) in [4.78, 5) is 16.2. The number of amides is 1. The minimum atomic E-state index is -0.243. The first kappa shape index (κ1) is 14.7. The largest absolute Gasteiger partial charge is 0.271 e. The molecule has 1 amide bonds. The van der Waals surface area contributed by atoms with Crippen molar-refractivity contribution in [3.63, 3.8) is 0 Å². The first-order chi connectivity index (χ1) is 11.3. The molecule has 0 radical (unpaired) electrons. The predicted molar refractivity (Wildman–Crippen MR) is 90.2 cm³/mol. The van der Waals surface area contributed by atoms with Crippen LogP contribution in [-0.4, -0.2) is 16.6 Å². The van der Waals surface area contributed by atoms with E-state index in [9.17, 15) is 4.79 Å². The van der Waals surface area contributed by atoms with E-state index < -0.39 is 0 Å². The average molecular weight is 301 g/mol. The number of hydrogen-bond donors (Lipinski definition) is 1. The van der Waals surface area contributed by atoms with Crippen LogP contribution in [-0.2, 0) is 0 Å². The molecule has 4 heteroatoms. The zero-order chi connectivity index (χ0) is 15.9. The number of nitrogens with zero attached hydrogens (tertiary/aromatic N) is 2. The van der Waals surface area contributed by atoms with Gasteiger partial charge in [0, 0.05) is 29.1 Å². The highest BCUT2D eigenvalue weighted by Crippen LogP contribution is 2.10. The van der Waals surface area contributed by atoms with Gasteiger partial charge in [0.1, 0.15) is 0 Å². The monoisotopic (exact) mass is 301 g/mol. The van der Waals surface area contributed by atoms with Crippen molar-refractivity contribution in [2.24, 2.45) is 5.10 Å². The van der Waals surface area contributed by atoms with Gasteiger partial charge in [0.15, 0.2) is 0 Å². The minimum absolute atomic E-state index is 0.243. The van der Waals surface area contributed by atoms with Gasteiger partial charge in [-0.2, -0.15) is 5.10 Å². The third kappa shape index (κ3) is 3.68. The summed E-state index contributed by atoms with van der Waals surface area (Å²) in [5.41, 5.74) is 5.70. The SMILES string of the molecule is O=C(NN=C(c1ccccc1)c1ccncc1)c1ccccc1. The Morgan fingerprint density at radius 2 is 1.26 bits per heavy atom. The van der Waals surface area contributed by atoms with E-state index in [1.54, 1.807) is 24.5 Å². The fourth-order valence-corrected chi connectivity index (χ4v) is 2.16. The summed E-state index contributed by atoms with van der Waals surface area (Å²) in [5, 5.41) is 4.33. The van der Waals surface area contributed by atoms with Crippen LogP contribution in [0.15, 0.2) is 90.3 Å². The summed E-state index contributed by atoms with van der Waals surface area (Å²) >= 11 is 0. The smallest absolute Gasteiger partial charge is 0.267 e. The van der Waals surface area contributed by atoms with Gasteiger partial charge in [0.05, 0.1) is 5.71 Å². The van der Waals surface area contributed by atoms with Crippen LogP contribution < -0.4 is 5.43 Å². The maximum Gasteiger partial charge on any atom is 0.271 e. The predicted octanol–water partition coefficient (Wildman–Crippen LogP) is 3.26. The number of hydrogen-bond acceptors (Lipinski definition) is 3. The van der Waals surface area contributed by atoms with E-state index in [1.807, 2.05) is 60.7 Å². The first-order valence-electron chi connectivity index (χ1n) is 7.23. The Kier molecular flexibility index (Phi) is 4.55. The van der Waals surface area contributed by atoms with Crippen molar-refractivity contribution >= 4 is 11.6 Å². The Balaban J connectivity index is 1.91. The summed E-state index contributed by atoms with van der Waals surface area (Å²) in [6.45, 7) is 0. The summed E-state index contributed by atoms with van der Waals surface area (Å²) < 4.78 is 0. The fraction of sp³-hybridized carbons (Fsp3) is 0. The molecule has 1 N–H and O–H groups in total. The Morgan fingerprint density at radius 3 is 1.87 bits per heavy atom. The molecule has 0 unspecified atom stereocenters. The second kappa shape index (κ2) is 7.13. The molecule has 23 heavy (non-hydrogen) atoms. The van der Waals surface area contributed by atoms with E-state index in [0.717, 1.165) is 11.1 Å². The molecule has 0 bridgehead atoms. The molecule has 1 aromatic heterocycles. The molecule has 0 aliphatic heterocycles. The zero-order valence-corrected chi connectivity index (χ0v) is 12.4. The van der Waals surface area contributed by atoms with Crippen LogP contribution in [0.1, 0.15) is 21.5 Å². The highest BCUT2D eigenvalue weighted by molar-refractivity contribution is 6.13. The Bertz CT molecular complexity index is 758. The van der Waals surface area contributed by atoms with Crippen molar-refractivity contribution in [3.8, 4) is 0 Å². The molecule has 112 valence electrons. The number of carbonyl (C=O) groups excluding carboxylic acids is 1. The lowest BCUT2D eigenvalue weighted by atomic mass is 10.0. The Morgan fingerprint density at radius 1 is 0.739 bits per heavy atom. The molecular formula is C19H15N3O. The molecule has 0 atom stereocenters. The number of rotatable bonds is 4. The number of pyridine rings is 1. The molecule has 4 nitrogen and oxygen atoms in total. The van der Waals surface area contributed by atoms with Crippen molar-refractivity contribution in [1.29, 1.82) is 0 Å². The number of aromatic nitrogens is 1. The van der Waals surface area contributed by atoms with Crippen LogP contribution in [0.25, 0.3) is 0 Å². The lowest BCUT2D eigenvalue weighted by molar-refractivity contribution is 0.0955. The standard InChI is InChI=1S/C19H15N3O/c23-19(17-9-5-2-6-10-17)22-21-18(15-7-3-1-4-8-15)16-11-13-20-14-12-16/h1-14H,(H,22,23). The van der Waals surface area contributed by atoms with Crippen LogP contribution >= 0.6 is 0 Å². The van der Waals surface area contributed by atoms with E-state index in [0.29, 0.717) is 11.3 Å². The van der Waals surface area contributed by atoms with E-state index >= 15 is 0 Å². The second-order valence-electron chi connectivity index (χ2n) is 4.87. The normalized spacial score (nSPS) is 11.0. The van der Waals surface area contributed by atoms with Gasteiger partial charge in [0.2, 0.25) is 0 Å². The molecule has 0 spiro atoms. The van der Waals surface area contributed by atoms with E-state index in [1.165, 1.54) is 0 Å². The van der Waals surface area contributed by atoms with Gasteiger partial charge in [-0.15, -0.1) is 0 Å². The summed E-state index contributed by atoms with van der Waals surface area (Å²) in [6, 6.07) is 22.4. The maximum atomic E-state index is 12.2. The molecule has 1 heterocycles. The van der Waals surface area contributed by atoms with Crippen LogP contribution in [0, 0.1) is 0 Å². The molecule has 0 aliphatic rings. The van der Waals surface area contributed by atoms with Crippen molar-refractivity contribution in [1.82, 2.24) is 10.4 Å². The molecular weight excluding hydrogens is 286 g/mol. The average Bonchev–Trinajstić information content (AvgIpc) is 2.64. The molecule has 2 aromatic carbocycles. The van der Waals surface area contributed by atoms with E-state index in [4.69, 9.17) is 0 Å². The van der Waals surface area contributed by atoms with E-state index in [2.05, 4.69) is 15.5 Å². The van der Waals surface area contributed by atoms with Gasteiger partial charge in [-0.1, -0.05) is 48.5 Å². The van der Waals surface area contributed by atoms with Crippen LogP contribution in [0.4, 0.5) is 0 Å². The molecule has 3 aromatic rings. The Hall–Kier alpha value is -3.27. The van der Waals surface area contributed by atoms with Gasteiger partial charge in [0.25, 0.3) is 5.91 Å². The van der Waals surface area contributed by atoms with Crippen molar-refractivity contribution in [3.05, 3.63) is 102 Å². The number of carbonyl (C=O) groups is 1. The fourth-order valence-electron chi connectivity index (χ4n) is 2.16. The highest BCUT2D eigenvalue weighted by Gasteiger charge is 2.08. The Labute approximate surface area is 134 Å². The number of hydrazone groups is 1. The van der Waals surface area contributed by atoms with Gasteiger partial charge in [-0.3, -0.25) is 9.78 Å². The third-order valence-electron chi connectivity index (χ3n) is 3.31. The van der Waals surface area contributed by atoms with Crippen LogP contribution in [0.3, 0.4) is 0 Å². The topological polar surface area (TPSA) is 54.4 Å². The highest BCUT2D eigenvalue weighted by atomic mass is 16.2. The van der Waals surface area contributed by atoms with Crippen LogP contribution in [0.5, 0.6) is 0 Å². The summed E-state index contributed by atoms with van der Waals surface area (Å²) in [7, 11) is 0. The molecule has 3 rings (SSSR count). The van der Waals surface area contributed by atoms with Gasteiger partial charge in [-0.25, -0.2) is 5.43 Å². The van der Waals surface area contributed by atoms with Gasteiger partial charge < -0.3 is 0 Å². The van der Waals surface area contributed by atoms with Crippen LogP contribution in [0.2, 0.25) is 0 Å². The van der Waals surface area contributed by atoms with Crippen molar-refractivity contribution in [2.75, 3.05) is 0 Å². The molecule has 0 fully saturated rings. The molecule has 0 saturated heterocycles. The lowest BCUT2D eigenvalue weighted by Gasteiger charge is -2.07. The molecule has 0 saturated carbocycles. The second-order valence-corrected chi connectivity index (χ2v) is 4.87. The maximum absolute atomic E-state index is 12.2. The van der Waals surface area contributed by atoms with Gasteiger partial charge >= 0.3 is 0 Å².